The maximum Gasteiger partial charge on any atom is 0.00895 e. The Morgan fingerprint density at radius 1 is 0.556 bits per heavy atom. The molecule has 0 radical (unpaired) electrons. The molecule has 0 spiro atoms. The van der Waals surface area contributed by atoms with E-state index in [2.05, 4.69) is 76.2 Å². The molecule has 0 aromatic rings. The van der Waals surface area contributed by atoms with Crippen LogP contribution in [-0.2, 0) is 0 Å². The lowest BCUT2D eigenvalue weighted by Crippen LogP contribution is -2.37. The van der Waals surface area contributed by atoms with Crippen LogP contribution in [-0.4, -0.2) is 25.0 Å². The van der Waals surface area contributed by atoms with Crippen molar-refractivity contribution in [3.05, 3.63) is 36.5 Å². The van der Waals surface area contributed by atoms with Crippen molar-refractivity contribution in [3.63, 3.8) is 0 Å². The highest BCUT2D eigenvalue weighted by atomic mass is 15.1. The fourth-order valence-corrected chi connectivity index (χ4v) is 7.62. The van der Waals surface area contributed by atoms with E-state index in [4.69, 9.17) is 0 Å². The highest BCUT2D eigenvalue weighted by molar-refractivity contribution is 4.93. The molecule has 264 valence electrons. The summed E-state index contributed by atoms with van der Waals surface area (Å²) in [6.07, 6.45) is 56.4. The smallest absolute Gasteiger partial charge is 0.00895 e. The van der Waals surface area contributed by atoms with Crippen LogP contribution >= 0.6 is 0 Å². The second-order valence-corrected chi connectivity index (χ2v) is 15.5. The van der Waals surface area contributed by atoms with E-state index in [1.54, 1.807) is 0 Å². The molecular formula is C44H83N. The first-order valence-electron chi connectivity index (χ1n) is 20.6. The quantitative estimate of drug-likeness (QED) is 0.0547. The van der Waals surface area contributed by atoms with Gasteiger partial charge in [-0.05, 0) is 115 Å². The zero-order chi connectivity index (χ0) is 32.7. The van der Waals surface area contributed by atoms with Gasteiger partial charge in [0, 0.05) is 6.04 Å². The van der Waals surface area contributed by atoms with Crippen molar-refractivity contribution >= 4 is 0 Å². The molecule has 1 aliphatic rings. The van der Waals surface area contributed by atoms with Gasteiger partial charge < -0.3 is 4.90 Å². The number of unbranched alkanes of at least 4 members (excludes halogenated alkanes) is 17. The van der Waals surface area contributed by atoms with Crippen molar-refractivity contribution in [2.24, 2.45) is 11.3 Å². The highest BCUT2D eigenvalue weighted by Crippen LogP contribution is 2.45. The molecule has 45 heavy (non-hydrogen) atoms. The van der Waals surface area contributed by atoms with Gasteiger partial charge in [-0.2, -0.15) is 0 Å². The average Bonchev–Trinajstić information content (AvgIpc) is 3.04. The topological polar surface area (TPSA) is 3.24 Å². The van der Waals surface area contributed by atoms with Crippen LogP contribution in [0.4, 0.5) is 0 Å². The van der Waals surface area contributed by atoms with Gasteiger partial charge >= 0.3 is 0 Å². The maximum atomic E-state index is 2.50. The van der Waals surface area contributed by atoms with Crippen molar-refractivity contribution in [1.29, 1.82) is 0 Å². The Labute approximate surface area is 285 Å². The molecule has 0 amide bonds. The summed E-state index contributed by atoms with van der Waals surface area (Å²) in [6, 6.07) is 0.827. The average molecular weight is 626 g/mol. The molecule has 0 bridgehead atoms. The lowest BCUT2D eigenvalue weighted by molar-refractivity contribution is 0.0938. The third-order valence-corrected chi connectivity index (χ3v) is 11.0. The van der Waals surface area contributed by atoms with E-state index in [0.717, 1.165) is 18.4 Å². The van der Waals surface area contributed by atoms with Crippen LogP contribution in [0.3, 0.4) is 0 Å². The molecule has 0 aromatic heterocycles. The number of allylic oxidation sites excluding steroid dienone is 6. The normalized spacial score (nSPS) is 20.0. The zero-order valence-corrected chi connectivity index (χ0v) is 31.8. The largest absolute Gasteiger partial charge is 0.306 e. The Hall–Kier alpha value is -0.820. The monoisotopic (exact) mass is 626 g/mol. The molecule has 0 N–H and O–H groups in total. The van der Waals surface area contributed by atoms with Crippen LogP contribution in [0.5, 0.6) is 0 Å². The summed E-state index contributed by atoms with van der Waals surface area (Å²) in [5, 5.41) is 0. The summed E-state index contributed by atoms with van der Waals surface area (Å²) in [7, 11) is 4.60. The molecule has 0 heterocycles. The predicted molar refractivity (Wildman–Crippen MR) is 206 cm³/mol. The Kier molecular flexibility index (Phi) is 28.6. The summed E-state index contributed by atoms with van der Waals surface area (Å²) in [6.45, 7) is 7.02. The maximum absolute atomic E-state index is 2.50. The molecule has 1 heteroatoms. The van der Waals surface area contributed by atoms with Gasteiger partial charge in [-0.1, -0.05) is 160 Å². The molecule has 0 aromatic carbocycles. The van der Waals surface area contributed by atoms with Crippen molar-refractivity contribution in [2.45, 2.75) is 219 Å². The Balaban J connectivity index is 2.15. The van der Waals surface area contributed by atoms with E-state index in [0.29, 0.717) is 5.41 Å². The lowest BCUT2D eigenvalue weighted by Gasteiger charge is -2.42. The number of rotatable bonds is 31. The van der Waals surface area contributed by atoms with E-state index >= 15 is 0 Å². The van der Waals surface area contributed by atoms with Gasteiger partial charge in [-0.15, -0.1) is 0 Å². The molecule has 0 aliphatic heterocycles. The zero-order valence-electron chi connectivity index (χ0n) is 31.8. The SMILES string of the molecule is CCCCC/C=C\C/C=C\CCCCCCCCC1(CCCCCCCCC(C)C/C=C\CCCCC)CCC(N(C)C)CC1. The first kappa shape index (κ1) is 42.2. The molecule has 0 saturated heterocycles. The van der Waals surface area contributed by atoms with Crippen LogP contribution < -0.4 is 0 Å². The van der Waals surface area contributed by atoms with E-state index in [-0.39, 0.29) is 0 Å². The van der Waals surface area contributed by atoms with Gasteiger partial charge in [-0.3, -0.25) is 0 Å². The first-order chi connectivity index (χ1) is 22.0. The van der Waals surface area contributed by atoms with Gasteiger partial charge in [-0.25, -0.2) is 0 Å². The molecule has 1 aliphatic carbocycles. The second-order valence-electron chi connectivity index (χ2n) is 15.5. The Morgan fingerprint density at radius 3 is 1.51 bits per heavy atom. The minimum absolute atomic E-state index is 0.668. The van der Waals surface area contributed by atoms with Crippen LogP contribution in [0.25, 0.3) is 0 Å². The second kappa shape index (κ2) is 30.5. The summed E-state index contributed by atoms with van der Waals surface area (Å²) < 4.78 is 0. The molecule has 1 unspecified atom stereocenters. The van der Waals surface area contributed by atoms with E-state index in [1.807, 2.05) is 0 Å². The van der Waals surface area contributed by atoms with Crippen molar-refractivity contribution < 1.29 is 0 Å². The van der Waals surface area contributed by atoms with E-state index < -0.39 is 0 Å². The van der Waals surface area contributed by atoms with Gasteiger partial charge in [0.05, 0.1) is 0 Å². The van der Waals surface area contributed by atoms with Crippen LogP contribution in [0.2, 0.25) is 0 Å². The van der Waals surface area contributed by atoms with Crippen LogP contribution in [0.15, 0.2) is 36.5 Å². The Morgan fingerprint density at radius 2 is 1.00 bits per heavy atom. The molecule has 1 atom stereocenters. The molecule has 1 nitrogen and oxygen atoms in total. The van der Waals surface area contributed by atoms with Crippen molar-refractivity contribution in [3.8, 4) is 0 Å². The third-order valence-electron chi connectivity index (χ3n) is 11.0. The van der Waals surface area contributed by atoms with Gasteiger partial charge in [0.15, 0.2) is 0 Å². The molecule has 1 fully saturated rings. The standard InChI is InChI=1S/C44H83N/c1-6-8-10-12-14-15-16-17-18-19-20-21-22-24-28-32-38-44(40-36-43(37-41-44)45(4)5)39-33-29-25-23-27-31-35-42(3)34-30-26-13-11-9-7-2/h14-15,17-18,26,30,42-43H,6-13,16,19-25,27-29,31-41H2,1-5H3/b15-14-,18-17-,30-26-. The van der Waals surface area contributed by atoms with Crippen molar-refractivity contribution in [1.82, 2.24) is 4.90 Å². The summed E-state index contributed by atoms with van der Waals surface area (Å²) in [5.74, 6) is 0.865. The number of hydrogen-bond acceptors (Lipinski definition) is 1. The summed E-state index contributed by atoms with van der Waals surface area (Å²) >= 11 is 0. The first-order valence-corrected chi connectivity index (χ1v) is 20.6. The molecule has 1 saturated carbocycles. The van der Waals surface area contributed by atoms with Gasteiger partial charge in [0.25, 0.3) is 0 Å². The fraction of sp³-hybridized carbons (Fsp3) is 0.864. The minimum atomic E-state index is 0.668. The van der Waals surface area contributed by atoms with Crippen molar-refractivity contribution in [2.75, 3.05) is 14.1 Å². The summed E-state index contributed by atoms with van der Waals surface area (Å²) in [4.78, 5) is 2.50. The van der Waals surface area contributed by atoms with Crippen LogP contribution in [0, 0.1) is 11.3 Å². The Bertz CT molecular complexity index is 692. The molecule has 1 rings (SSSR count). The molecular weight excluding hydrogens is 542 g/mol. The summed E-state index contributed by atoms with van der Waals surface area (Å²) in [5.41, 5.74) is 0.668. The highest BCUT2D eigenvalue weighted by Gasteiger charge is 2.34. The van der Waals surface area contributed by atoms with Gasteiger partial charge in [0.1, 0.15) is 0 Å². The predicted octanol–water partition coefficient (Wildman–Crippen LogP) is 15.0. The fourth-order valence-electron chi connectivity index (χ4n) is 7.62. The number of nitrogens with zero attached hydrogens (tertiary/aromatic N) is 1. The van der Waals surface area contributed by atoms with E-state index in [1.165, 1.54) is 186 Å². The third kappa shape index (κ3) is 24.9. The van der Waals surface area contributed by atoms with E-state index in [9.17, 15) is 0 Å². The van der Waals surface area contributed by atoms with Crippen LogP contribution in [0.1, 0.15) is 213 Å². The minimum Gasteiger partial charge on any atom is -0.306 e. The lowest BCUT2D eigenvalue weighted by atomic mass is 9.66. The van der Waals surface area contributed by atoms with Gasteiger partial charge in [0.2, 0.25) is 0 Å². The number of hydrogen-bond donors (Lipinski definition) is 0.